The standard InChI is InChI=1S/C22H24/c1-4-17(5-2)21-20(6-3)22(21,18-13-9-7-10-14-18)19-15-11-8-12-16-19/h7-16,20-21H,1,5-6H2,2-3H3/t20-,21+/m0/s1. The Balaban J connectivity index is 2.20. The number of rotatable bonds is 5. The minimum Gasteiger partial charge on any atom is -0.129 e. The quantitative estimate of drug-likeness (QED) is 0.614. The van der Waals surface area contributed by atoms with Crippen molar-refractivity contribution in [2.45, 2.75) is 32.1 Å². The van der Waals surface area contributed by atoms with Gasteiger partial charge in [-0.05, 0) is 29.0 Å². The predicted octanol–water partition coefficient (Wildman–Crippen LogP) is 5.75. The molecule has 0 aliphatic heterocycles. The van der Waals surface area contributed by atoms with E-state index in [9.17, 15) is 0 Å². The van der Waals surface area contributed by atoms with Gasteiger partial charge in [0.25, 0.3) is 0 Å². The van der Waals surface area contributed by atoms with Gasteiger partial charge in [-0.2, -0.15) is 0 Å². The first-order valence-electron chi connectivity index (χ1n) is 8.30. The monoisotopic (exact) mass is 288 g/mol. The highest BCUT2D eigenvalue weighted by molar-refractivity contribution is 5.53. The zero-order valence-electron chi connectivity index (χ0n) is 13.5. The maximum Gasteiger partial charge on any atom is 0.0311 e. The van der Waals surface area contributed by atoms with Crippen LogP contribution in [-0.2, 0) is 5.41 Å². The topological polar surface area (TPSA) is 0 Å². The van der Waals surface area contributed by atoms with E-state index in [-0.39, 0.29) is 5.41 Å². The maximum atomic E-state index is 3.95. The summed E-state index contributed by atoms with van der Waals surface area (Å²) < 4.78 is 0. The van der Waals surface area contributed by atoms with Crippen LogP contribution in [0.3, 0.4) is 0 Å². The van der Waals surface area contributed by atoms with E-state index >= 15 is 0 Å². The molecule has 2 aromatic carbocycles. The van der Waals surface area contributed by atoms with Gasteiger partial charge in [-0.15, -0.1) is 5.73 Å². The lowest BCUT2D eigenvalue weighted by Crippen LogP contribution is -2.14. The first-order chi connectivity index (χ1) is 10.8. The van der Waals surface area contributed by atoms with Crippen LogP contribution in [0.5, 0.6) is 0 Å². The molecule has 3 rings (SSSR count). The minimum atomic E-state index is 0.104. The highest BCUT2D eigenvalue weighted by Crippen LogP contribution is 2.68. The Kier molecular flexibility index (Phi) is 4.05. The molecule has 0 N–H and O–H groups in total. The van der Waals surface area contributed by atoms with Crippen LogP contribution in [0.4, 0.5) is 0 Å². The highest BCUT2D eigenvalue weighted by Gasteiger charge is 2.65. The lowest BCUT2D eigenvalue weighted by molar-refractivity contribution is 0.675. The van der Waals surface area contributed by atoms with Gasteiger partial charge >= 0.3 is 0 Å². The van der Waals surface area contributed by atoms with Gasteiger partial charge < -0.3 is 0 Å². The zero-order chi connectivity index (χ0) is 15.6. The van der Waals surface area contributed by atoms with Gasteiger partial charge in [0, 0.05) is 11.3 Å². The average molecular weight is 288 g/mol. The number of hydrogen-bond donors (Lipinski definition) is 0. The molecule has 2 atom stereocenters. The third kappa shape index (κ3) is 2.07. The SMILES string of the molecule is C=C=C(CC)[C@@H]1[C@H](CC)C1(c1ccccc1)c1ccccc1. The van der Waals surface area contributed by atoms with Crippen molar-refractivity contribution in [2.75, 3.05) is 0 Å². The molecule has 0 unspecified atom stereocenters. The highest BCUT2D eigenvalue weighted by atomic mass is 14.7. The lowest BCUT2D eigenvalue weighted by atomic mass is 9.82. The number of allylic oxidation sites excluding steroid dienone is 1. The zero-order valence-corrected chi connectivity index (χ0v) is 13.5. The van der Waals surface area contributed by atoms with E-state index in [2.05, 4.69) is 86.8 Å². The van der Waals surface area contributed by atoms with Crippen LogP contribution in [-0.4, -0.2) is 0 Å². The summed E-state index contributed by atoms with van der Waals surface area (Å²) in [5.41, 5.74) is 7.58. The summed E-state index contributed by atoms with van der Waals surface area (Å²) in [5.74, 6) is 1.17. The largest absolute Gasteiger partial charge is 0.129 e. The molecule has 112 valence electrons. The third-order valence-electron chi connectivity index (χ3n) is 5.29. The molecule has 1 aliphatic rings. The Morgan fingerprint density at radius 2 is 1.45 bits per heavy atom. The van der Waals surface area contributed by atoms with Crippen LogP contribution < -0.4 is 0 Å². The molecule has 0 bridgehead atoms. The molecule has 0 heterocycles. The second kappa shape index (κ2) is 5.99. The molecular formula is C22H24. The first-order valence-corrected chi connectivity index (χ1v) is 8.30. The van der Waals surface area contributed by atoms with E-state index < -0.39 is 0 Å². The van der Waals surface area contributed by atoms with E-state index in [4.69, 9.17) is 0 Å². The smallest absolute Gasteiger partial charge is 0.0311 e. The van der Waals surface area contributed by atoms with Crippen molar-refractivity contribution < 1.29 is 0 Å². The summed E-state index contributed by atoms with van der Waals surface area (Å²) in [6, 6.07) is 22.0. The van der Waals surface area contributed by atoms with Crippen molar-refractivity contribution in [2.24, 2.45) is 11.8 Å². The van der Waals surface area contributed by atoms with Crippen LogP contribution in [0, 0.1) is 11.8 Å². The molecule has 0 heteroatoms. The fraction of sp³-hybridized carbons (Fsp3) is 0.318. The van der Waals surface area contributed by atoms with Crippen LogP contribution in [0.1, 0.15) is 37.8 Å². The predicted molar refractivity (Wildman–Crippen MR) is 93.9 cm³/mol. The minimum absolute atomic E-state index is 0.104. The molecule has 1 fully saturated rings. The molecular weight excluding hydrogens is 264 g/mol. The van der Waals surface area contributed by atoms with Gasteiger partial charge in [-0.25, -0.2) is 0 Å². The van der Waals surface area contributed by atoms with Crippen molar-refractivity contribution in [3.8, 4) is 0 Å². The fourth-order valence-corrected chi connectivity index (χ4v) is 4.37. The molecule has 0 nitrogen and oxygen atoms in total. The molecule has 0 saturated heterocycles. The van der Waals surface area contributed by atoms with Crippen LogP contribution in [0.15, 0.2) is 78.5 Å². The van der Waals surface area contributed by atoms with E-state index in [0.717, 1.165) is 6.42 Å². The fourth-order valence-electron chi connectivity index (χ4n) is 4.37. The molecule has 1 saturated carbocycles. The van der Waals surface area contributed by atoms with E-state index in [1.54, 1.807) is 0 Å². The van der Waals surface area contributed by atoms with Gasteiger partial charge in [-0.1, -0.05) is 87.5 Å². The van der Waals surface area contributed by atoms with E-state index in [1.807, 2.05) is 0 Å². The third-order valence-corrected chi connectivity index (χ3v) is 5.29. The summed E-state index contributed by atoms with van der Waals surface area (Å²) >= 11 is 0. The van der Waals surface area contributed by atoms with Gasteiger partial charge in [0.15, 0.2) is 0 Å². The Morgan fingerprint density at radius 1 is 0.955 bits per heavy atom. The molecule has 2 aromatic rings. The van der Waals surface area contributed by atoms with Crippen molar-refractivity contribution in [3.05, 3.63) is 89.7 Å². The molecule has 1 aliphatic carbocycles. The lowest BCUT2D eigenvalue weighted by Gasteiger charge is -2.20. The average Bonchev–Trinajstić information content (AvgIpc) is 3.27. The molecule has 0 amide bonds. The first kappa shape index (κ1) is 14.9. The molecule has 22 heavy (non-hydrogen) atoms. The van der Waals surface area contributed by atoms with Crippen LogP contribution in [0.2, 0.25) is 0 Å². The Bertz CT molecular complexity index is 635. The summed E-state index contributed by atoms with van der Waals surface area (Å²) in [7, 11) is 0. The normalized spacial score (nSPS) is 21.9. The molecule has 0 spiro atoms. The van der Waals surface area contributed by atoms with Crippen molar-refractivity contribution in [1.82, 2.24) is 0 Å². The second-order valence-corrected chi connectivity index (χ2v) is 6.15. The van der Waals surface area contributed by atoms with E-state index in [1.165, 1.54) is 23.1 Å². The summed E-state index contributed by atoms with van der Waals surface area (Å²) in [5, 5.41) is 0. The van der Waals surface area contributed by atoms with Crippen LogP contribution in [0.25, 0.3) is 0 Å². The summed E-state index contributed by atoms with van der Waals surface area (Å²) in [6.45, 7) is 8.48. The number of hydrogen-bond acceptors (Lipinski definition) is 0. The van der Waals surface area contributed by atoms with Crippen molar-refractivity contribution in [3.63, 3.8) is 0 Å². The van der Waals surface area contributed by atoms with Gasteiger partial charge in [0.1, 0.15) is 0 Å². The van der Waals surface area contributed by atoms with Gasteiger partial charge in [0.05, 0.1) is 0 Å². The van der Waals surface area contributed by atoms with Crippen LogP contribution >= 0.6 is 0 Å². The van der Waals surface area contributed by atoms with Crippen molar-refractivity contribution >= 4 is 0 Å². The summed E-state index contributed by atoms with van der Waals surface area (Å²) in [4.78, 5) is 0. The molecule has 0 aromatic heterocycles. The Labute approximate surface area is 134 Å². The van der Waals surface area contributed by atoms with Crippen molar-refractivity contribution in [1.29, 1.82) is 0 Å². The van der Waals surface area contributed by atoms with E-state index in [0.29, 0.717) is 11.8 Å². The maximum absolute atomic E-state index is 3.95. The summed E-state index contributed by atoms with van der Waals surface area (Å²) in [6.07, 6.45) is 2.21. The second-order valence-electron chi connectivity index (χ2n) is 6.15. The Morgan fingerprint density at radius 3 is 1.82 bits per heavy atom. The Hall–Kier alpha value is -2.04. The molecule has 0 radical (unpaired) electrons. The number of benzene rings is 2. The van der Waals surface area contributed by atoms with Gasteiger partial charge in [0.2, 0.25) is 0 Å². The van der Waals surface area contributed by atoms with Gasteiger partial charge in [-0.3, -0.25) is 0 Å².